The number of H-pyrrole nitrogens is 1. The largest absolute Gasteiger partial charge is 0.504 e. The van der Waals surface area contributed by atoms with Gasteiger partial charge in [-0.2, -0.15) is 0 Å². The molecule has 3 heterocycles. The van der Waals surface area contributed by atoms with Gasteiger partial charge in [0, 0.05) is 28.5 Å². The van der Waals surface area contributed by atoms with E-state index in [0.717, 1.165) is 18.0 Å². The van der Waals surface area contributed by atoms with Gasteiger partial charge in [0.25, 0.3) is 0 Å². The Labute approximate surface area is 237 Å². The van der Waals surface area contributed by atoms with Gasteiger partial charge in [0.15, 0.2) is 23.1 Å². The van der Waals surface area contributed by atoms with Crippen molar-refractivity contribution >= 4 is 39.4 Å². The van der Waals surface area contributed by atoms with Crippen molar-refractivity contribution in [3.8, 4) is 23.1 Å². The summed E-state index contributed by atoms with van der Waals surface area (Å²) in [6.45, 7) is 7.67. The van der Waals surface area contributed by atoms with E-state index in [9.17, 15) is 14.3 Å². The summed E-state index contributed by atoms with van der Waals surface area (Å²) < 4.78 is 31.0. The van der Waals surface area contributed by atoms with Crippen LogP contribution in [0, 0.1) is 12.7 Å². The van der Waals surface area contributed by atoms with Crippen LogP contribution < -0.4 is 9.47 Å². The molecule has 0 atom stereocenters. The van der Waals surface area contributed by atoms with Gasteiger partial charge in [0.1, 0.15) is 6.33 Å². The second kappa shape index (κ2) is 14.1. The predicted octanol–water partition coefficient (Wildman–Crippen LogP) is 6.10. The number of halogens is 2. The van der Waals surface area contributed by atoms with E-state index in [2.05, 4.69) is 19.9 Å². The van der Waals surface area contributed by atoms with E-state index in [-0.39, 0.29) is 42.8 Å². The first-order chi connectivity index (χ1) is 19.4. The monoisotopic (exact) mass is 572 g/mol. The molecule has 0 amide bonds. The Bertz CT molecular complexity index is 1440. The smallest absolute Gasteiger partial charge is 0.309 e. The van der Waals surface area contributed by atoms with Gasteiger partial charge in [0.2, 0.25) is 5.88 Å². The van der Waals surface area contributed by atoms with Crippen LogP contribution in [0.4, 0.5) is 4.39 Å². The molecule has 2 aromatic carbocycles. The van der Waals surface area contributed by atoms with Crippen molar-refractivity contribution in [1.29, 1.82) is 0 Å². The van der Waals surface area contributed by atoms with E-state index in [4.69, 9.17) is 25.8 Å². The molecule has 40 heavy (non-hydrogen) atoms. The van der Waals surface area contributed by atoms with Crippen LogP contribution in [0.1, 0.15) is 38.3 Å². The number of benzene rings is 2. The lowest BCUT2D eigenvalue weighted by Gasteiger charge is -2.12. The van der Waals surface area contributed by atoms with Crippen LogP contribution in [0.15, 0.2) is 36.7 Å². The van der Waals surface area contributed by atoms with Crippen molar-refractivity contribution < 1.29 is 28.5 Å². The minimum absolute atomic E-state index is 0.00403. The number of aromatic hydroxyl groups is 1. The fraction of sp³-hybridized carbons (Fsp3) is 0.414. The molecule has 0 unspecified atom stereocenters. The molecule has 2 aromatic heterocycles. The van der Waals surface area contributed by atoms with Crippen LogP contribution in [-0.4, -0.2) is 69.7 Å². The Kier molecular flexibility index (Phi) is 10.4. The van der Waals surface area contributed by atoms with Gasteiger partial charge in [-0.15, -0.1) is 11.6 Å². The highest BCUT2D eigenvalue weighted by molar-refractivity contribution is 6.17. The van der Waals surface area contributed by atoms with Crippen molar-refractivity contribution in [3.05, 3.63) is 48.2 Å². The second-order valence-electron chi connectivity index (χ2n) is 9.40. The minimum atomic E-state index is -0.515. The number of ether oxygens (including phenoxy) is 3. The van der Waals surface area contributed by atoms with Crippen molar-refractivity contribution in [1.82, 2.24) is 19.9 Å². The molecule has 1 aliphatic heterocycles. The zero-order valence-electron chi connectivity index (χ0n) is 22.7. The lowest BCUT2D eigenvalue weighted by atomic mass is 10.2. The van der Waals surface area contributed by atoms with E-state index < -0.39 is 11.8 Å². The number of aromatic amines is 1. The number of hydrogen-bond acceptors (Lipinski definition) is 8. The van der Waals surface area contributed by atoms with Crippen molar-refractivity contribution in [2.45, 2.75) is 39.5 Å². The number of hydrogen-bond donors (Lipinski definition) is 2. The highest BCUT2D eigenvalue weighted by Gasteiger charge is 2.16. The summed E-state index contributed by atoms with van der Waals surface area (Å²) in [4.78, 5) is 25.3. The Balaban J connectivity index is 0.000000350. The molecule has 4 aromatic rings. The number of fused-ring (bicyclic) bond motifs is 2. The van der Waals surface area contributed by atoms with E-state index in [1.807, 2.05) is 6.92 Å². The molecule has 1 fully saturated rings. The summed E-state index contributed by atoms with van der Waals surface area (Å²) in [6.07, 6.45) is 5.22. The standard InChI is InChI=1S/C22H20FN3O5.C7H14ClN/c1-3-29-20(28)6-7-30-19-9-14-16(10-17(19)27)24-11-25-22(14)31-18-5-4-15-13(21(18)23)8-12(2)26-15;8-4-3-7-9-5-1-2-6-9/h4-5,8-11,26-27H,3,6-7H2,1-2H3;1-7H2. The molecule has 5 rings (SSSR count). The number of likely N-dealkylation sites (tertiary alicyclic amines) is 1. The molecular formula is C29H34ClFN4O5. The number of phenolic OH excluding ortho intramolecular Hbond substituents is 1. The fourth-order valence-corrected chi connectivity index (χ4v) is 4.60. The summed E-state index contributed by atoms with van der Waals surface area (Å²) in [5, 5.41) is 11.0. The van der Waals surface area contributed by atoms with Gasteiger partial charge in [-0.3, -0.25) is 4.79 Å². The molecule has 11 heteroatoms. The Morgan fingerprint density at radius 2 is 1.95 bits per heavy atom. The van der Waals surface area contributed by atoms with Crippen molar-refractivity contribution in [3.63, 3.8) is 0 Å². The Morgan fingerprint density at radius 1 is 1.15 bits per heavy atom. The maximum Gasteiger partial charge on any atom is 0.309 e. The van der Waals surface area contributed by atoms with Crippen molar-refractivity contribution in [2.75, 3.05) is 38.7 Å². The van der Waals surface area contributed by atoms with E-state index >= 15 is 0 Å². The highest BCUT2D eigenvalue weighted by Crippen LogP contribution is 2.37. The van der Waals surface area contributed by atoms with Gasteiger partial charge in [0.05, 0.1) is 30.5 Å². The molecule has 1 aliphatic rings. The first kappa shape index (κ1) is 29.4. The summed E-state index contributed by atoms with van der Waals surface area (Å²) in [5.41, 5.74) is 1.88. The molecule has 0 bridgehead atoms. The normalized spacial score (nSPS) is 13.3. The number of esters is 1. The summed E-state index contributed by atoms with van der Waals surface area (Å²) in [7, 11) is 0. The molecular weight excluding hydrogens is 539 g/mol. The molecule has 0 spiro atoms. The molecule has 0 saturated carbocycles. The summed E-state index contributed by atoms with van der Waals surface area (Å²) in [6, 6.07) is 7.81. The van der Waals surface area contributed by atoms with Crippen LogP contribution >= 0.6 is 11.6 Å². The quantitative estimate of drug-likeness (QED) is 0.173. The SMILES string of the molecule is CCOC(=O)CCOc1cc2c(Oc3ccc4[nH]c(C)cc4c3F)ncnc2cc1O.ClCCCN1CCCC1. The van der Waals surface area contributed by atoms with E-state index in [0.29, 0.717) is 21.8 Å². The summed E-state index contributed by atoms with van der Waals surface area (Å²) >= 11 is 5.55. The van der Waals surface area contributed by atoms with E-state index in [1.54, 1.807) is 19.1 Å². The van der Waals surface area contributed by atoms with Crippen molar-refractivity contribution in [2.24, 2.45) is 0 Å². The van der Waals surface area contributed by atoms with Gasteiger partial charge in [-0.05, 0) is 77.0 Å². The molecule has 9 nitrogen and oxygen atoms in total. The maximum absolute atomic E-state index is 14.9. The number of aromatic nitrogens is 3. The van der Waals surface area contributed by atoms with Crippen LogP contribution in [0.5, 0.6) is 23.1 Å². The number of aryl methyl sites for hydroxylation is 1. The topological polar surface area (TPSA) is 110 Å². The highest BCUT2D eigenvalue weighted by atomic mass is 35.5. The van der Waals surface area contributed by atoms with Gasteiger partial charge < -0.3 is 29.2 Å². The molecule has 1 saturated heterocycles. The van der Waals surface area contributed by atoms with Crippen LogP contribution in [0.2, 0.25) is 0 Å². The predicted molar refractivity (Wildman–Crippen MR) is 152 cm³/mol. The first-order valence-electron chi connectivity index (χ1n) is 13.4. The number of rotatable bonds is 10. The number of phenols is 1. The molecule has 2 N–H and O–H groups in total. The zero-order valence-corrected chi connectivity index (χ0v) is 23.5. The number of alkyl halides is 1. The number of carbonyl (C=O) groups excluding carboxylic acids is 1. The van der Waals surface area contributed by atoms with Crippen LogP contribution in [-0.2, 0) is 9.53 Å². The third-order valence-corrected chi connectivity index (χ3v) is 6.67. The minimum Gasteiger partial charge on any atom is -0.504 e. The average molecular weight is 573 g/mol. The number of nitrogens with one attached hydrogen (secondary N) is 1. The van der Waals surface area contributed by atoms with E-state index in [1.165, 1.54) is 57.0 Å². The maximum atomic E-state index is 14.9. The average Bonchev–Trinajstić information content (AvgIpc) is 3.60. The van der Waals surface area contributed by atoms with Gasteiger partial charge >= 0.3 is 5.97 Å². The van der Waals surface area contributed by atoms with Gasteiger partial charge in [-0.25, -0.2) is 14.4 Å². The summed E-state index contributed by atoms with van der Waals surface area (Å²) in [5.74, 6) is -0.0318. The van der Waals surface area contributed by atoms with Crippen LogP contribution in [0.25, 0.3) is 21.8 Å². The molecule has 0 aliphatic carbocycles. The fourth-order valence-electron chi connectivity index (χ4n) is 4.48. The second-order valence-corrected chi connectivity index (χ2v) is 9.78. The lowest BCUT2D eigenvalue weighted by Crippen LogP contribution is -2.20. The van der Waals surface area contributed by atoms with Gasteiger partial charge in [-0.1, -0.05) is 0 Å². The lowest BCUT2D eigenvalue weighted by molar-refractivity contribution is -0.143. The Morgan fingerprint density at radius 3 is 2.70 bits per heavy atom. The van der Waals surface area contributed by atoms with Crippen LogP contribution in [0.3, 0.4) is 0 Å². The molecule has 0 radical (unpaired) electrons. The number of carbonyl (C=O) groups is 1. The zero-order chi connectivity index (χ0) is 28.5. The Hall–Kier alpha value is -3.63. The third-order valence-electron chi connectivity index (χ3n) is 6.40. The number of nitrogens with zero attached hydrogens (tertiary/aromatic N) is 3. The molecule has 214 valence electrons. The third kappa shape index (κ3) is 7.51. The first-order valence-corrected chi connectivity index (χ1v) is 13.9.